The van der Waals surface area contributed by atoms with Crippen LogP contribution in [0.25, 0.3) is 0 Å². The molecule has 0 aliphatic heterocycles. The van der Waals surface area contributed by atoms with Crippen LogP contribution in [0.5, 0.6) is 0 Å². The van der Waals surface area contributed by atoms with E-state index in [1.165, 1.54) is 11.3 Å². The molecule has 1 unspecified atom stereocenters. The highest BCUT2D eigenvalue weighted by Crippen LogP contribution is 2.27. The zero-order valence-corrected chi connectivity index (χ0v) is 12.9. The number of amides is 1. The van der Waals surface area contributed by atoms with Crippen LogP contribution in [-0.4, -0.2) is 30.5 Å². The van der Waals surface area contributed by atoms with Crippen molar-refractivity contribution in [1.29, 1.82) is 0 Å². The molecule has 0 spiro atoms. The van der Waals surface area contributed by atoms with E-state index in [-0.39, 0.29) is 11.9 Å². The number of nitrogens with zero attached hydrogens (tertiary/aromatic N) is 2. The summed E-state index contributed by atoms with van der Waals surface area (Å²) in [4.78, 5) is 19.1. The third-order valence-corrected chi connectivity index (χ3v) is 4.52. The van der Waals surface area contributed by atoms with Crippen molar-refractivity contribution in [2.75, 3.05) is 24.2 Å². The number of aromatic nitrogens is 1. The molecule has 1 heterocycles. The van der Waals surface area contributed by atoms with Crippen molar-refractivity contribution in [2.45, 2.75) is 38.6 Å². The summed E-state index contributed by atoms with van der Waals surface area (Å²) in [6.45, 7) is 3.01. The molecule has 6 heteroatoms. The van der Waals surface area contributed by atoms with Crippen molar-refractivity contribution < 1.29 is 4.79 Å². The van der Waals surface area contributed by atoms with Crippen LogP contribution in [0.1, 0.15) is 42.3 Å². The zero-order valence-electron chi connectivity index (χ0n) is 12.1. The first-order valence-electron chi connectivity index (χ1n) is 7.05. The fourth-order valence-electron chi connectivity index (χ4n) is 2.25. The van der Waals surface area contributed by atoms with Crippen molar-refractivity contribution >= 4 is 28.2 Å². The van der Waals surface area contributed by atoms with E-state index in [0.29, 0.717) is 10.7 Å². The van der Waals surface area contributed by atoms with Gasteiger partial charge in [-0.1, -0.05) is 30.4 Å². The summed E-state index contributed by atoms with van der Waals surface area (Å²) in [5, 5.41) is 3.85. The number of carbonyl (C=O) groups excluding carboxylic acids is 1. The lowest BCUT2D eigenvalue weighted by Gasteiger charge is -2.18. The van der Waals surface area contributed by atoms with Crippen LogP contribution in [-0.2, 0) is 0 Å². The Morgan fingerprint density at radius 3 is 3.05 bits per heavy atom. The molecule has 0 radical (unpaired) electrons. The Morgan fingerprint density at radius 1 is 1.60 bits per heavy atom. The van der Waals surface area contributed by atoms with Crippen LogP contribution >= 0.6 is 11.3 Å². The highest BCUT2D eigenvalue weighted by atomic mass is 32.1. The normalized spacial score (nSPS) is 18.0. The number of allylic oxidation sites excluding steroid dienone is 1. The largest absolute Gasteiger partial charge is 0.382 e. The van der Waals surface area contributed by atoms with Crippen molar-refractivity contribution in [2.24, 2.45) is 0 Å². The summed E-state index contributed by atoms with van der Waals surface area (Å²) < 4.78 is 0. The smallest absolute Gasteiger partial charge is 0.265 e. The molecule has 110 valence electrons. The second-order valence-corrected chi connectivity index (χ2v) is 6.06. The predicted octanol–water partition coefficient (Wildman–Crippen LogP) is 2.41. The van der Waals surface area contributed by atoms with Gasteiger partial charge in [0.05, 0.1) is 0 Å². The number of nitrogen functional groups attached to an aromatic ring is 1. The van der Waals surface area contributed by atoms with Gasteiger partial charge in [-0.2, -0.15) is 0 Å². The predicted molar refractivity (Wildman–Crippen MR) is 84.3 cm³/mol. The Hall–Kier alpha value is -1.56. The van der Waals surface area contributed by atoms with E-state index in [9.17, 15) is 4.79 Å². The second kappa shape index (κ2) is 6.74. The quantitative estimate of drug-likeness (QED) is 0.818. The maximum absolute atomic E-state index is 12.3. The van der Waals surface area contributed by atoms with E-state index >= 15 is 0 Å². The number of nitrogens with two attached hydrogens (primary N) is 1. The van der Waals surface area contributed by atoms with Gasteiger partial charge in [-0.05, 0) is 25.7 Å². The van der Waals surface area contributed by atoms with E-state index in [4.69, 9.17) is 5.73 Å². The van der Waals surface area contributed by atoms with Gasteiger partial charge < -0.3 is 16.0 Å². The van der Waals surface area contributed by atoms with Crippen LogP contribution < -0.4 is 16.0 Å². The third-order valence-electron chi connectivity index (χ3n) is 3.34. The molecule has 1 aliphatic carbocycles. The molecule has 5 nitrogen and oxygen atoms in total. The Labute approximate surface area is 123 Å². The fraction of sp³-hybridized carbons (Fsp3) is 0.571. The highest BCUT2D eigenvalue weighted by molar-refractivity contribution is 7.18. The molecule has 2 rings (SSSR count). The molecule has 1 amide bonds. The molecule has 20 heavy (non-hydrogen) atoms. The van der Waals surface area contributed by atoms with Gasteiger partial charge in [0.15, 0.2) is 5.13 Å². The molecule has 1 aromatic heterocycles. The highest BCUT2D eigenvalue weighted by Gasteiger charge is 2.20. The lowest BCUT2D eigenvalue weighted by molar-refractivity contribution is 0.0939. The minimum Gasteiger partial charge on any atom is -0.382 e. The first kappa shape index (κ1) is 14.8. The summed E-state index contributed by atoms with van der Waals surface area (Å²) in [6, 6.07) is 0.214. The lowest BCUT2D eigenvalue weighted by Crippen LogP contribution is -2.35. The third kappa shape index (κ3) is 3.50. The zero-order chi connectivity index (χ0) is 14.5. The van der Waals surface area contributed by atoms with Gasteiger partial charge in [0.2, 0.25) is 0 Å². The fourth-order valence-corrected chi connectivity index (χ4v) is 3.13. The molecule has 3 N–H and O–H groups in total. The summed E-state index contributed by atoms with van der Waals surface area (Å²) in [6.07, 6.45) is 8.21. The molecule has 0 aromatic carbocycles. The molecule has 1 aromatic rings. The average molecular weight is 294 g/mol. The number of thiazole rings is 1. The average Bonchev–Trinajstić information content (AvgIpc) is 2.82. The van der Waals surface area contributed by atoms with Crippen LogP contribution in [0.2, 0.25) is 0 Å². The van der Waals surface area contributed by atoms with Crippen LogP contribution in [0.15, 0.2) is 12.2 Å². The molecular formula is C14H22N4OS. The topological polar surface area (TPSA) is 71.2 Å². The number of carbonyl (C=O) groups is 1. The lowest BCUT2D eigenvalue weighted by atomic mass is 10.0. The van der Waals surface area contributed by atoms with Gasteiger partial charge in [0, 0.05) is 19.6 Å². The number of nitrogens with one attached hydrogen (secondary N) is 1. The van der Waals surface area contributed by atoms with Gasteiger partial charge in [-0.15, -0.1) is 0 Å². The Kier molecular flexibility index (Phi) is 5.00. The molecule has 1 atom stereocenters. The number of hydrogen-bond donors (Lipinski definition) is 2. The van der Waals surface area contributed by atoms with Crippen molar-refractivity contribution in [1.82, 2.24) is 10.3 Å². The minimum absolute atomic E-state index is 0.101. The van der Waals surface area contributed by atoms with E-state index in [0.717, 1.165) is 37.4 Å². The van der Waals surface area contributed by atoms with Gasteiger partial charge in [-0.25, -0.2) is 4.98 Å². The Morgan fingerprint density at radius 2 is 2.40 bits per heavy atom. The van der Waals surface area contributed by atoms with Crippen LogP contribution in [0.3, 0.4) is 0 Å². The monoisotopic (exact) mass is 294 g/mol. The first-order valence-corrected chi connectivity index (χ1v) is 7.86. The van der Waals surface area contributed by atoms with Crippen LogP contribution in [0.4, 0.5) is 10.9 Å². The molecule has 1 aliphatic rings. The van der Waals surface area contributed by atoms with Crippen LogP contribution in [0, 0.1) is 0 Å². The van der Waals surface area contributed by atoms with Gasteiger partial charge >= 0.3 is 0 Å². The van der Waals surface area contributed by atoms with E-state index in [1.54, 1.807) is 0 Å². The molecule has 0 saturated heterocycles. The van der Waals surface area contributed by atoms with E-state index in [2.05, 4.69) is 29.4 Å². The second-order valence-electron chi connectivity index (χ2n) is 5.09. The van der Waals surface area contributed by atoms with Crippen molar-refractivity contribution in [3.63, 3.8) is 0 Å². The maximum atomic E-state index is 12.3. The molecular weight excluding hydrogens is 272 g/mol. The number of anilines is 2. The van der Waals surface area contributed by atoms with E-state index in [1.807, 2.05) is 11.9 Å². The first-order chi connectivity index (χ1) is 9.61. The van der Waals surface area contributed by atoms with E-state index < -0.39 is 0 Å². The summed E-state index contributed by atoms with van der Waals surface area (Å²) in [5.41, 5.74) is 5.88. The molecule has 0 fully saturated rings. The molecule has 0 bridgehead atoms. The Bertz CT molecular complexity index is 497. The standard InChI is InChI=1S/C14H22N4OS/c1-3-9-18(2)14-17-12(15)11(20-14)13(19)16-10-7-5-4-6-8-10/h4-5,10H,3,6-9,15H2,1-2H3,(H,16,19). The minimum atomic E-state index is -0.101. The number of hydrogen-bond acceptors (Lipinski definition) is 5. The Balaban J connectivity index is 2.04. The SMILES string of the molecule is CCCN(C)c1nc(N)c(C(=O)NC2CC=CCC2)s1. The summed E-state index contributed by atoms with van der Waals surface area (Å²) >= 11 is 1.36. The van der Waals surface area contributed by atoms with Crippen molar-refractivity contribution in [3.8, 4) is 0 Å². The summed E-state index contributed by atoms with van der Waals surface area (Å²) in [5.74, 6) is 0.230. The van der Waals surface area contributed by atoms with Gasteiger partial charge in [-0.3, -0.25) is 4.79 Å². The molecule has 0 saturated carbocycles. The van der Waals surface area contributed by atoms with Crippen molar-refractivity contribution in [3.05, 3.63) is 17.0 Å². The van der Waals surface area contributed by atoms with Gasteiger partial charge in [0.25, 0.3) is 5.91 Å². The number of rotatable bonds is 5. The maximum Gasteiger partial charge on any atom is 0.265 e. The van der Waals surface area contributed by atoms with Gasteiger partial charge in [0.1, 0.15) is 10.7 Å². The summed E-state index contributed by atoms with van der Waals surface area (Å²) in [7, 11) is 1.97.